The first kappa shape index (κ1) is 16.7. The summed E-state index contributed by atoms with van der Waals surface area (Å²) in [5.74, 6) is 0.121. The first-order chi connectivity index (χ1) is 12.6. The molecule has 1 unspecified atom stereocenters. The molecule has 0 radical (unpaired) electrons. The van der Waals surface area contributed by atoms with E-state index in [-0.39, 0.29) is 17.8 Å². The number of carbonyl (C=O) groups is 1. The van der Waals surface area contributed by atoms with E-state index in [0.29, 0.717) is 10.8 Å². The Labute approximate surface area is 158 Å². The lowest BCUT2D eigenvalue weighted by molar-refractivity contribution is 0.0933. The minimum Gasteiger partial charge on any atom is -0.338 e. The summed E-state index contributed by atoms with van der Waals surface area (Å²) in [4.78, 5) is 21.1. The van der Waals surface area contributed by atoms with Crippen molar-refractivity contribution in [2.75, 3.05) is 0 Å². The molecule has 8 heteroatoms. The van der Waals surface area contributed by atoms with Crippen LogP contribution in [0.1, 0.15) is 33.5 Å². The fourth-order valence-electron chi connectivity index (χ4n) is 2.65. The van der Waals surface area contributed by atoms with Crippen molar-refractivity contribution in [1.82, 2.24) is 24.9 Å². The van der Waals surface area contributed by atoms with Gasteiger partial charge >= 0.3 is 0 Å². The smallest absolute Gasteiger partial charge is 0.291 e. The molecule has 1 aromatic carbocycles. The van der Waals surface area contributed by atoms with Crippen LogP contribution in [0.5, 0.6) is 0 Å². The molecule has 1 N–H and O–H groups in total. The number of hydrogen-bond acceptors (Lipinski definition) is 5. The third-order valence-electron chi connectivity index (χ3n) is 3.99. The van der Waals surface area contributed by atoms with Gasteiger partial charge in [-0.05, 0) is 53.1 Å². The quantitative estimate of drug-likeness (QED) is 0.583. The molecule has 0 saturated heterocycles. The van der Waals surface area contributed by atoms with Crippen LogP contribution in [0.3, 0.4) is 0 Å². The number of hydrogen-bond donors (Lipinski definition) is 1. The predicted octanol–water partition coefficient (Wildman–Crippen LogP) is 3.67. The Morgan fingerprint density at radius 2 is 2.00 bits per heavy atom. The summed E-state index contributed by atoms with van der Waals surface area (Å²) in [7, 11) is 0. The lowest BCUT2D eigenvalue weighted by atomic mass is 10.0. The largest absolute Gasteiger partial charge is 0.338 e. The number of nitrogens with zero attached hydrogens (tertiary/aromatic N) is 4. The van der Waals surface area contributed by atoms with Crippen LogP contribution in [0.25, 0.3) is 5.78 Å². The highest BCUT2D eigenvalue weighted by molar-refractivity contribution is 7.08. The van der Waals surface area contributed by atoms with E-state index in [1.165, 1.54) is 0 Å². The Balaban J connectivity index is 1.67. The summed E-state index contributed by atoms with van der Waals surface area (Å²) in [6, 6.07) is 10.9. The van der Waals surface area contributed by atoms with Gasteiger partial charge in [0.1, 0.15) is 0 Å². The number of thiophene rings is 1. The molecule has 0 spiro atoms. The number of halogens is 1. The van der Waals surface area contributed by atoms with Gasteiger partial charge in [-0.25, -0.2) is 9.50 Å². The van der Waals surface area contributed by atoms with Crippen molar-refractivity contribution in [3.8, 4) is 0 Å². The average molecular weight is 384 g/mol. The molecular weight excluding hydrogens is 370 g/mol. The van der Waals surface area contributed by atoms with Crippen molar-refractivity contribution in [2.24, 2.45) is 0 Å². The highest BCUT2D eigenvalue weighted by atomic mass is 35.5. The van der Waals surface area contributed by atoms with Crippen molar-refractivity contribution in [3.05, 3.63) is 81.0 Å². The molecule has 1 amide bonds. The van der Waals surface area contributed by atoms with Gasteiger partial charge in [-0.1, -0.05) is 23.7 Å². The van der Waals surface area contributed by atoms with E-state index >= 15 is 0 Å². The third-order valence-corrected chi connectivity index (χ3v) is 4.94. The summed E-state index contributed by atoms with van der Waals surface area (Å²) < 4.78 is 1.55. The number of fused-ring (bicyclic) bond motifs is 1. The second-order valence-corrected chi connectivity index (χ2v) is 6.96. The summed E-state index contributed by atoms with van der Waals surface area (Å²) in [6.45, 7) is 1.88. The molecule has 3 heterocycles. The van der Waals surface area contributed by atoms with Gasteiger partial charge in [-0.2, -0.15) is 16.3 Å². The van der Waals surface area contributed by atoms with E-state index in [4.69, 9.17) is 11.6 Å². The molecule has 0 bridgehead atoms. The van der Waals surface area contributed by atoms with Gasteiger partial charge in [0.05, 0.1) is 6.04 Å². The summed E-state index contributed by atoms with van der Waals surface area (Å²) in [5.41, 5.74) is 2.77. The Morgan fingerprint density at radius 1 is 1.19 bits per heavy atom. The minimum atomic E-state index is -0.360. The van der Waals surface area contributed by atoms with Crippen LogP contribution >= 0.6 is 22.9 Å². The van der Waals surface area contributed by atoms with Crippen LogP contribution in [-0.4, -0.2) is 25.5 Å². The lowest BCUT2D eigenvalue weighted by Crippen LogP contribution is -2.30. The van der Waals surface area contributed by atoms with E-state index in [2.05, 4.69) is 20.4 Å². The van der Waals surface area contributed by atoms with Crippen molar-refractivity contribution < 1.29 is 4.79 Å². The van der Waals surface area contributed by atoms with E-state index in [1.54, 1.807) is 34.2 Å². The fourth-order valence-corrected chi connectivity index (χ4v) is 3.46. The SMILES string of the molecule is Cc1ccnc2nc(C(=O)NC(c3ccc(Cl)cc3)c3ccsc3)nn12. The molecule has 1 atom stereocenters. The highest BCUT2D eigenvalue weighted by Crippen LogP contribution is 2.25. The van der Waals surface area contributed by atoms with Crippen molar-refractivity contribution >= 4 is 34.6 Å². The molecule has 26 heavy (non-hydrogen) atoms. The van der Waals surface area contributed by atoms with Crippen LogP contribution in [0, 0.1) is 6.92 Å². The standard InChI is InChI=1S/C18H14ClN5OS/c1-11-6-8-20-18-22-16(23-24(11)18)17(25)21-15(13-7-9-26-10-13)12-2-4-14(19)5-3-12/h2-10,15H,1H3,(H,21,25). The Bertz CT molecular complexity index is 1060. The summed E-state index contributed by atoms with van der Waals surface area (Å²) in [6.07, 6.45) is 1.64. The molecule has 6 nitrogen and oxygen atoms in total. The molecule has 0 aliphatic carbocycles. The highest BCUT2D eigenvalue weighted by Gasteiger charge is 2.21. The van der Waals surface area contributed by atoms with Gasteiger partial charge in [0.2, 0.25) is 5.82 Å². The van der Waals surface area contributed by atoms with Crippen LogP contribution < -0.4 is 5.32 Å². The number of nitrogens with one attached hydrogen (secondary N) is 1. The molecule has 130 valence electrons. The number of aryl methyl sites for hydroxylation is 1. The zero-order valence-corrected chi connectivity index (χ0v) is 15.3. The lowest BCUT2D eigenvalue weighted by Gasteiger charge is -2.17. The van der Waals surface area contributed by atoms with Gasteiger partial charge in [-0.3, -0.25) is 4.79 Å². The number of aromatic nitrogens is 4. The van der Waals surface area contributed by atoms with Gasteiger partial charge in [-0.15, -0.1) is 5.10 Å². The zero-order chi connectivity index (χ0) is 18.1. The van der Waals surface area contributed by atoms with E-state index in [9.17, 15) is 4.79 Å². The van der Waals surface area contributed by atoms with Crippen molar-refractivity contribution in [1.29, 1.82) is 0 Å². The first-order valence-corrected chi connectivity index (χ1v) is 9.21. The van der Waals surface area contributed by atoms with Crippen LogP contribution in [0.4, 0.5) is 0 Å². The first-order valence-electron chi connectivity index (χ1n) is 7.88. The third kappa shape index (κ3) is 3.18. The Kier molecular flexibility index (Phi) is 4.40. The predicted molar refractivity (Wildman–Crippen MR) is 101 cm³/mol. The molecule has 0 saturated carbocycles. The number of amides is 1. The minimum absolute atomic E-state index is 0.0843. The Morgan fingerprint density at radius 3 is 2.69 bits per heavy atom. The second-order valence-electron chi connectivity index (χ2n) is 5.75. The zero-order valence-electron chi connectivity index (χ0n) is 13.8. The van der Waals surface area contributed by atoms with Crippen LogP contribution in [-0.2, 0) is 0 Å². The molecule has 3 aromatic heterocycles. The van der Waals surface area contributed by atoms with Crippen molar-refractivity contribution in [2.45, 2.75) is 13.0 Å². The van der Waals surface area contributed by atoms with E-state index in [0.717, 1.165) is 16.8 Å². The fraction of sp³-hybridized carbons (Fsp3) is 0.111. The number of rotatable bonds is 4. The maximum Gasteiger partial charge on any atom is 0.291 e. The maximum absolute atomic E-state index is 12.8. The van der Waals surface area contributed by atoms with Gasteiger partial charge < -0.3 is 5.32 Å². The summed E-state index contributed by atoms with van der Waals surface area (Å²) >= 11 is 7.56. The average Bonchev–Trinajstić information content (AvgIpc) is 3.31. The molecule has 4 aromatic rings. The number of carbonyl (C=O) groups excluding carboxylic acids is 1. The van der Waals surface area contributed by atoms with Gasteiger partial charge in [0.25, 0.3) is 11.7 Å². The molecule has 4 rings (SSSR count). The molecule has 0 aliphatic heterocycles. The number of benzene rings is 1. The van der Waals surface area contributed by atoms with Crippen LogP contribution in [0.2, 0.25) is 5.02 Å². The molecular formula is C18H14ClN5OS. The normalized spacial score (nSPS) is 12.2. The van der Waals surface area contributed by atoms with Crippen molar-refractivity contribution in [3.63, 3.8) is 0 Å². The van der Waals surface area contributed by atoms with E-state index < -0.39 is 0 Å². The van der Waals surface area contributed by atoms with Crippen LogP contribution in [0.15, 0.2) is 53.4 Å². The van der Waals surface area contributed by atoms with E-state index in [1.807, 2.05) is 41.9 Å². The Hall–Kier alpha value is -2.77. The van der Waals surface area contributed by atoms with Gasteiger partial charge in [0.15, 0.2) is 0 Å². The van der Waals surface area contributed by atoms with Gasteiger partial charge in [0, 0.05) is 16.9 Å². The summed E-state index contributed by atoms with van der Waals surface area (Å²) in [5, 5.41) is 11.9. The second kappa shape index (κ2) is 6.86. The maximum atomic E-state index is 12.8. The molecule has 0 aliphatic rings. The topological polar surface area (TPSA) is 72.2 Å². The monoisotopic (exact) mass is 383 g/mol. The molecule has 0 fully saturated rings.